The van der Waals surface area contributed by atoms with Crippen LogP contribution in [0.3, 0.4) is 0 Å². The van der Waals surface area contributed by atoms with Crippen molar-refractivity contribution in [2.45, 2.75) is 24.6 Å². The lowest BCUT2D eigenvalue weighted by Crippen LogP contribution is -2.39. The van der Waals surface area contributed by atoms with Gasteiger partial charge in [0, 0.05) is 5.02 Å². The van der Waals surface area contributed by atoms with Crippen LogP contribution >= 0.6 is 11.6 Å². The van der Waals surface area contributed by atoms with Gasteiger partial charge < -0.3 is 9.47 Å². The summed E-state index contributed by atoms with van der Waals surface area (Å²) in [6.45, 7) is 1.60. The number of anilines is 1. The highest BCUT2D eigenvalue weighted by Gasteiger charge is 2.33. The molecule has 8 nitrogen and oxygen atoms in total. The molecule has 4 aromatic rings. The van der Waals surface area contributed by atoms with Crippen molar-refractivity contribution in [3.63, 3.8) is 0 Å². The summed E-state index contributed by atoms with van der Waals surface area (Å²) in [5, 5.41) is 4.51. The van der Waals surface area contributed by atoms with Gasteiger partial charge in [-0.2, -0.15) is 18.3 Å². The van der Waals surface area contributed by atoms with Gasteiger partial charge in [0.15, 0.2) is 11.5 Å². The van der Waals surface area contributed by atoms with E-state index in [0.29, 0.717) is 39.1 Å². The number of halogens is 4. The molecule has 0 bridgehead atoms. The second kappa shape index (κ2) is 14.3. The average Bonchev–Trinajstić information content (AvgIpc) is 3.00. The molecule has 44 heavy (non-hydrogen) atoms. The summed E-state index contributed by atoms with van der Waals surface area (Å²) < 4.78 is 79.1. The number of hydrazone groups is 1. The third-order valence-electron chi connectivity index (χ3n) is 6.06. The largest absolute Gasteiger partial charge is 0.490 e. The third kappa shape index (κ3) is 8.51. The van der Waals surface area contributed by atoms with Crippen LogP contribution in [0, 0.1) is 0 Å². The Morgan fingerprint density at radius 3 is 2.34 bits per heavy atom. The first kappa shape index (κ1) is 32.4. The van der Waals surface area contributed by atoms with Gasteiger partial charge in [0.05, 0.1) is 29.0 Å². The minimum Gasteiger partial charge on any atom is -0.490 e. The highest BCUT2D eigenvalue weighted by molar-refractivity contribution is 7.92. The SMILES string of the molecule is CCOc1cc(/C=N\NC(=O)CN(c2cccc(C(F)(F)F)c2)S(=O)(=O)c2ccccc2)ccc1OCc1ccc(Cl)cc1. The summed E-state index contributed by atoms with van der Waals surface area (Å²) in [5.41, 5.74) is 2.27. The number of amides is 1. The molecule has 0 heterocycles. The molecule has 0 atom stereocenters. The quantitative estimate of drug-likeness (QED) is 0.137. The molecule has 0 radical (unpaired) electrons. The lowest BCUT2D eigenvalue weighted by Gasteiger charge is -2.24. The molecular formula is C31H27ClF3N3O5S. The third-order valence-corrected chi connectivity index (χ3v) is 8.10. The second-order valence-electron chi connectivity index (χ2n) is 9.22. The zero-order valence-corrected chi connectivity index (χ0v) is 24.9. The van der Waals surface area contributed by atoms with Crippen molar-refractivity contribution >= 4 is 39.4 Å². The summed E-state index contributed by atoms with van der Waals surface area (Å²) >= 11 is 5.93. The Hall–Kier alpha value is -4.55. The fourth-order valence-electron chi connectivity index (χ4n) is 3.95. The van der Waals surface area contributed by atoms with Crippen molar-refractivity contribution in [3.05, 3.63) is 119 Å². The van der Waals surface area contributed by atoms with E-state index in [1.54, 1.807) is 36.4 Å². The monoisotopic (exact) mass is 645 g/mol. The molecule has 1 amide bonds. The number of nitrogens with one attached hydrogen (secondary N) is 1. The normalized spacial score (nSPS) is 11.8. The summed E-state index contributed by atoms with van der Waals surface area (Å²) in [6.07, 6.45) is -3.41. The number of hydrogen-bond donors (Lipinski definition) is 1. The van der Waals surface area contributed by atoms with Crippen LogP contribution in [0.25, 0.3) is 0 Å². The molecule has 4 aromatic carbocycles. The first-order valence-electron chi connectivity index (χ1n) is 13.2. The van der Waals surface area contributed by atoms with Crippen molar-refractivity contribution in [2.75, 3.05) is 17.5 Å². The van der Waals surface area contributed by atoms with Gasteiger partial charge in [0.25, 0.3) is 15.9 Å². The maximum Gasteiger partial charge on any atom is 0.416 e. The minimum absolute atomic E-state index is 0.199. The van der Waals surface area contributed by atoms with Crippen LogP contribution in [-0.2, 0) is 27.6 Å². The molecule has 0 aliphatic carbocycles. The van der Waals surface area contributed by atoms with E-state index in [1.165, 1.54) is 36.5 Å². The van der Waals surface area contributed by atoms with Gasteiger partial charge in [-0.05, 0) is 78.7 Å². The van der Waals surface area contributed by atoms with Crippen molar-refractivity contribution in [1.29, 1.82) is 0 Å². The standard InChI is InChI=1S/C31H27ClF3N3O5S/c1-2-42-29-17-23(13-16-28(29)43-21-22-11-14-25(32)15-12-22)19-36-37-30(39)20-38(44(40,41)27-9-4-3-5-10-27)26-8-6-7-24(18-26)31(33,34)35/h3-19H,2,20-21H2,1H3,(H,37,39)/b36-19-. The van der Waals surface area contributed by atoms with Gasteiger partial charge in [-0.25, -0.2) is 13.8 Å². The molecular weight excluding hydrogens is 619 g/mol. The van der Waals surface area contributed by atoms with Gasteiger partial charge in [-0.1, -0.05) is 48.0 Å². The summed E-state index contributed by atoms with van der Waals surface area (Å²) in [4.78, 5) is 12.6. The summed E-state index contributed by atoms with van der Waals surface area (Å²) in [6, 6.07) is 23.0. The van der Waals surface area contributed by atoms with Crippen molar-refractivity contribution < 1.29 is 35.9 Å². The molecule has 0 aliphatic rings. The minimum atomic E-state index is -4.72. The van der Waals surface area contributed by atoms with Gasteiger partial charge in [-0.3, -0.25) is 9.10 Å². The van der Waals surface area contributed by atoms with E-state index in [2.05, 4.69) is 10.5 Å². The van der Waals surface area contributed by atoms with Gasteiger partial charge in [0.1, 0.15) is 13.2 Å². The van der Waals surface area contributed by atoms with Crippen molar-refractivity contribution in [1.82, 2.24) is 5.43 Å². The Balaban J connectivity index is 1.50. The molecule has 13 heteroatoms. The molecule has 0 spiro atoms. The number of ether oxygens (including phenoxy) is 2. The summed E-state index contributed by atoms with van der Waals surface area (Å²) in [5.74, 6) is 0.0263. The molecule has 1 N–H and O–H groups in total. The zero-order chi connectivity index (χ0) is 31.7. The van der Waals surface area contributed by atoms with E-state index in [1.807, 2.05) is 19.1 Å². The van der Waals surface area contributed by atoms with Crippen LogP contribution in [0.15, 0.2) is 107 Å². The number of alkyl halides is 3. The predicted octanol–water partition coefficient (Wildman–Crippen LogP) is 6.68. The molecule has 0 saturated heterocycles. The Morgan fingerprint density at radius 1 is 0.932 bits per heavy atom. The van der Waals surface area contributed by atoms with E-state index in [9.17, 15) is 26.4 Å². The Kier molecular flexibility index (Phi) is 10.5. The van der Waals surface area contributed by atoms with Crippen LogP contribution in [0.1, 0.15) is 23.6 Å². The first-order valence-corrected chi connectivity index (χ1v) is 15.0. The van der Waals surface area contributed by atoms with Crippen LogP contribution in [-0.4, -0.2) is 33.7 Å². The molecule has 0 unspecified atom stereocenters. The van der Waals surface area contributed by atoms with E-state index in [-0.39, 0.29) is 17.2 Å². The summed E-state index contributed by atoms with van der Waals surface area (Å²) in [7, 11) is -4.42. The maximum atomic E-state index is 13.4. The van der Waals surface area contributed by atoms with Crippen LogP contribution in [0.5, 0.6) is 11.5 Å². The molecule has 0 saturated carbocycles. The van der Waals surface area contributed by atoms with Gasteiger partial charge in [0.2, 0.25) is 0 Å². The molecule has 0 aromatic heterocycles. The van der Waals surface area contributed by atoms with Crippen LogP contribution in [0.2, 0.25) is 5.02 Å². The Morgan fingerprint density at radius 2 is 1.66 bits per heavy atom. The second-order valence-corrected chi connectivity index (χ2v) is 11.5. The number of benzene rings is 4. The van der Waals surface area contributed by atoms with Crippen molar-refractivity contribution in [3.8, 4) is 11.5 Å². The topological polar surface area (TPSA) is 97.3 Å². The lowest BCUT2D eigenvalue weighted by atomic mass is 10.2. The van der Waals surface area contributed by atoms with Gasteiger partial charge in [-0.15, -0.1) is 0 Å². The number of hydrogen-bond acceptors (Lipinski definition) is 6. The zero-order valence-electron chi connectivity index (χ0n) is 23.3. The highest BCUT2D eigenvalue weighted by Crippen LogP contribution is 2.33. The number of sulfonamides is 1. The molecule has 230 valence electrons. The predicted molar refractivity (Wildman–Crippen MR) is 162 cm³/mol. The maximum absolute atomic E-state index is 13.4. The molecule has 0 aliphatic heterocycles. The van der Waals surface area contributed by atoms with Gasteiger partial charge >= 0.3 is 6.18 Å². The van der Waals surface area contributed by atoms with E-state index in [4.69, 9.17) is 21.1 Å². The smallest absolute Gasteiger partial charge is 0.416 e. The Bertz CT molecular complexity index is 1720. The lowest BCUT2D eigenvalue weighted by molar-refractivity contribution is -0.137. The van der Waals surface area contributed by atoms with Crippen LogP contribution < -0.4 is 19.2 Å². The number of rotatable bonds is 12. The fourth-order valence-corrected chi connectivity index (χ4v) is 5.51. The number of nitrogens with zero attached hydrogens (tertiary/aromatic N) is 2. The number of carbonyl (C=O) groups excluding carboxylic acids is 1. The van der Waals surface area contributed by atoms with Crippen LogP contribution in [0.4, 0.5) is 18.9 Å². The first-order chi connectivity index (χ1) is 21.0. The Labute approximate surface area is 257 Å². The van der Waals surface area contributed by atoms with E-state index in [0.717, 1.165) is 17.7 Å². The fraction of sp³-hybridized carbons (Fsp3) is 0.161. The van der Waals surface area contributed by atoms with E-state index < -0.39 is 34.2 Å². The van der Waals surface area contributed by atoms with Crippen molar-refractivity contribution in [2.24, 2.45) is 5.10 Å². The highest BCUT2D eigenvalue weighted by atomic mass is 35.5. The van der Waals surface area contributed by atoms with E-state index >= 15 is 0 Å². The molecule has 0 fully saturated rings. The average molecular weight is 646 g/mol. The molecule has 4 rings (SSSR count). The number of carbonyl (C=O) groups is 1.